The van der Waals surface area contributed by atoms with Crippen molar-refractivity contribution in [2.45, 2.75) is 50.9 Å². The van der Waals surface area contributed by atoms with Gasteiger partial charge in [0, 0.05) is 5.54 Å². The van der Waals surface area contributed by atoms with Gasteiger partial charge in [-0.25, -0.2) is 0 Å². The summed E-state index contributed by atoms with van der Waals surface area (Å²) in [6.45, 7) is 7.34. The molecule has 3 nitrogen and oxygen atoms in total. The molecule has 16 heavy (non-hydrogen) atoms. The zero-order chi connectivity index (χ0) is 11.6. The molecule has 1 aromatic heterocycles. The van der Waals surface area contributed by atoms with Gasteiger partial charge in [0.05, 0.1) is 11.8 Å². The number of aromatic nitrogens is 2. The van der Waals surface area contributed by atoms with Gasteiger partial charge in [-0.3, -0.25) is 0 Å². The fraction of sp³-hybridized carbons (Fsp3) is 0.818. The number of hydrogen-bond donors (Lipinski definition) is 1. The van der Waals surface area contributed by atoms with E-state index < -0.39 is 0 Å². The minimum Gasteiger partial charge on any atom is -0.306 e. The standard InChI is InChI=1S/C11H19N3S2/c1-11(2,3)12-7-9-13-14-10(16-9)8-5-4-6-15-8/h8,12H,4-7H2,1-3H3. The summed E-state index contributed by atoms with van der Waals surface area (Å²) in [6, 6.07) is 0. The Labute approximate surface area is 105 Å². The van der Waals surface area contributed by atoms with E-state index in [2.05, 4.69) is 36.3 Å². The first-order valence-corrected chi connectivity index (χ1v) is 7.60. The van der Waals surface area contributed by atoms with Crippen molar-refractivity contribution < 1.29 is 0 Å². The monoisotopic (exact) mass is 257 g/mol. The van der Waals surface area contributed by atoms with Crippen molar-refractivity contribution in [1.29, 1.82) is 0 Å². The molecule has 1 fully saturated rings. The van der Waals surface area contributed by atoms with Gasteiger partial charge in [-0.05, 0) is 39.4 Å². The van der Waals surface area contributed by atoms with Gasteiger partial charge >= 0.3 is 0 Å². The zero-order valence-electron chi connectivity index (χ0n) is 10.1. The third-order valence-corrected chi connectivity index (χ3v) is 5.03. The SMILES string of the molecule is CC(C)(C)NCc1nnc(C2CCCS2)s1. The largest absolute Gasteiger partial charge is 0.306 e. The normalized spacial score (nSPS) is 21.6. The van der Waals surface area contributed by atoms with Crippen molar-refractivity contribution in [2.75, 3.05) is 5.75 Å². The fourth-order valence-electron chi connectivity index (χ4n) is 1.58. The highest BCUT2D eigenvalue weighted by Gasteiger charge is 2.21. The van der Waals surface area contributed by atoms with Crippen LogP contribution in [-0.2, 0) is 6.54 Å². The summed E-state index contributed by atoms with van der Waals surface area (Å²) in [5.41, 5.74) is 0.147. The minimum atomic E-state index is 0.147. The van der Waals surface area contributed by atoms with Crippen LogP contribution in [0.1, 0.15) is 48.9 Å². The molecule has 2 rings (SSSR count). The molecule has 0 radical (unpaired) electrons. The van der Waals surface area contributed by atoms with E-state index in [1.165, 1.54) is 23.6 Å². The highest BCUT2D eigenvalue weighted by atomic mass is 32.2. The van der Waals surface area contributed by atoms with Crippen LogP contribution >= 0.6 is 23.1 Å². The molecule has 1 aliphatic heterocycles. The van der Waals surface area contributed by atoms with Crippen LogP contribution in [-0.4, -0.2) is 21.5 Å². The van der Waals surface area contributed by atoms with E-state index >= 15 is 0 Å². The van der Waals surface area contributed by atoms with Crippen LogP contribution < -0.4 is 5.32 Å². The smallest absolute Gasteiger partial charge is 0.131 e. The van der Waals surface area contributed by atoms with Gasteiger partial charge in [-0.15, -0.1) is 10.2 Å². The predicted octanol–water partition coefficient (Wildman–Crippen LogP) is 2.99. The van der Waals surface area contributed by atoms with Gasteiger partial charge in [-0.2, -0.15) is 11.8 Å². The molecule has 0 spiro atoms. The van der Waals surface area contributed by atoms with Gasteiger partial charge < -0.3 is 5.32 Å². The molecule has 1 aliphatic rings. The Morgan fingerprint density at radius 2 is 2.19 bits per heavy atom. The topological polar surface area (TPSA) is 37.8 Å². The highest BCUT2D eigenvalue weighted by Crippen LogP contribution is 2.40. The Morgan fingerprint density at radius 1 is 1.38 bits per heavy atom. The van der Waals surface area contributed by atoms with Crippen molar-refractivity contribution in [3.05, 3.63) is 10.0 Å². The summed E-state index contributed by atoms with van der Waals surface area (Å²) in [7, 11) is 0. The molecule has 0 aromatic carbocycles. The number of nitrogens with zero attached hydrogens (tertiary/aromatic N) is 2. The quantitative estimate of drug-likeness (QED) is 0.903. The average Bonchev–Trinajstić information content (AvgIpc) is 2.84. The molecule has 2 heterocycles. The minimum absolute atomic E-state index is 0.147. The van der Waals surface area contributed by atoms with E-state index in [1.54, 1.807) is 11.3 Å². The molecule has 90 valence electrons. The lowest BCUT2D eigenvalue weighted by atomic mass is 10.1. The molecule has 0 saturated carbocycles. The highest BCUT2D eigenvalue weighted by molar-refractivity contribution is 7.99. The van der Waals surface area contributed by atoms with Crippen LogP contribution in [0.25, 0.3) is 0 Å². The first-order valence-electron chi connectivity index (χ1n) is 5.73. The summed E-state index contributed by atoms with van der Waals surface area (Å²) in [4.78, 5) is 0. The second kappa shape index (κ2) is 5.02. The fourth-order valence-corrected chi connectivity index (χ4v) is 3.87. The molecule has 1 saturated heterocycles. The number of thioether (sulfide) groups is 1. The van der Waals surface area contributed by atoms with Gasteiger partial charge in [0.1, 0.15) is 10.0 Å². The first kappa shape index (κ1) is 12.3. The summed E-state index contributed by atoms with van der Waals surface area (Å²) < 4.78 is 0. The van der Waals surface area contributed by atoms with Crippen molar-refractivity contribution in [1.82, 2.24) is 15.5 Å². The Kier molecular flexibility index (Phi) is 3.87. The van der Waals surface area contributed by atoms with E-state index in [-0.39, 0.29) is 5.54 Å². The Balaban J connectivity index is 1.91. The van der Waals surface area contributed by atoms with Gasteiger partial charge in [0.25, 0.3) is 0 Å². The van der Waals surface area contributed by atoms with Crippen molar-refractivity contribution in [3.63, 3.8) is 0 Å². The van der Waals surface area contributed by atoms with E-state index in [1.807, 2.05) is 11.8 Å². The molecule has 1 atom stereocenters. The van der Waals surface area contributed by atoms with Crippen molar-refractivity contribution in [2.24, 2.45) is 0 Å². The van der Waals surface area contributed by atoms with Crippen LogP contribution in [0.15, 0.2) is 0 Å². The molecular weight excluding hydrogens is 238 g/mol. The maximum Gasteiger partial charge on any atom is 0.131 e. The predicted molar refractivity (Wildman–Crippen MR) is 70.9 cm³/mol. The zero-order valence-corrected chi connectivity index (χ0v) is 11.7. The van der Waals surface area contributed by atoms with Crippen LogP contribution in [0.2, 0.25) is 0 Å². The summed E-state index contributed by atoms with van der Waals surface area (Å²) in [5, 5.41) is 14.9. The summed E-state index contributed by atoms with van der Waals surface area (Å²) in [5.74, 6) is 1.28. The summed E-state index contributed by atoms with van der Waals surface area (Å²) >= 11 is 3.79. The lowest BCUT2D eigenvalue weighted by Crippen LogP contribution is -2.35. The molecule has 0 bridgehead atoms. The van der Waals surface area contributed by atoms with E-state index in [9.17, 15) is 0 Å². The average molecular weight is 257 g/mol. The molecular formula is C11H19N3S2. The molecule has 0 amide bonds. The second-order valence-electron chi connectivity index (χ2n) is 5.14. The van der Waals surface area contributed by atoms with Crippen LogP contribution in [0.4, 0.5) is 0 Å². The van der Waals surface area contributed by atoms with Crippen molar-refractivity contribution in [3.8, 4) is 0 Å². The lowest BCUT2D eigenvalue weighted by molar-refractivity contribution is 0.423. The molecule has 1 aromatic rings. The van der Waals surface area contributed by atoms with Crippen LogP contribution in [0, 0.1) is 0 Å². The molecule has 1 N–H and O–H groups in total. The molecule has 1 unspecified atom stereocenters. The maximum absolute atomic E-state index is 4.31. The summed E-state index contributed by atoms with van der Waals surface area (Å²) in [6.07, 6.45) is 2.59. The van der Waals surface area contributed by atoms with E-state index in [0.717, 1.165) is 11.6 Å². The maximum atomic E-state index is 4.31. The number of rotatable bonds is 3. The third-order valence-electron chi connectivity index (χ3n) is 2.46. The first-order chi connectivity index (χ1) is 7.54. The second-order valence-corrected chi connectivity index (χ2v) is 7.54. The number of nitrogens with one attached hydrogen (secondary N) is 1. The van der Waals surface area contributed by atoms with E-state index in [4.69, 9.17) is 0 Å². The molecule has 5 heteroatoms. The van der Waals surface area contributed by atoms with Gasteiger partial charge in [0.15, 0.2) is 0 Å². The van der Waals surface area contributed by atoms with Crippen molar-refractivity contribution >= 4 is 23.1 Å². The van der Waals surface area contributed by atoms with E-state index in [0.29, 0.717) is 5.25 Å². The number of hydrogen-bond acceptors (Lipinski definition) is 5. The van der Waals surface area contributed by atoms with Gasteiger partial charge in [0.2, 0.25) is 0 Å². The van der Waals surface area contributed by atoms with Gasteiger partial charge in [-0.1, -0.05) is 11.3 Å². The van der Waals surface area contributed by atoms with Crippen LogP contribution in [0.5, 0.6) is 0 Å². The Morgan fingerprint density at radius 3 is 2.81 bits per heavy atom. The Bertz CT molecular complexity index is 337. The lowest BCUT2D eigenvalue weighted by Gasteiger charge is -2.19. The molecule has 0 aliphatic carbocycles. The van der Waals surface area contributed by atoms with Crippen LogP contribution in [0.3, 0.4) is 0 Å². The Hall–Kier alpha value is -0.130. The third kappa shape index (κ3) is 3.43.